The second kappa shape index (κ2) is 6.38. The van der Waals surface area contributed by atoms with Gasteiger partial charge in [0.1, 0.15) is 11.2 Å². The van der Waals surface area contributed by atoms with Crippen LogP contribution in [0.25, 0.3) is 21.8 Å². The Morgan fingerprint density at radius 3 is 2.77 bits per heavy atom. The van der Waals surface area contributed by atoms with Crippen LogP contribution < -0.4 is 5.56 Å². The van der Waals surface area contributed by atoms with Crippen molar-refractivity contribution in [3.05, 3.63) is 70.4 Å². The summed E-state index contributed by atoms with van der Waals surface area (Å²) in [6.07, 6.45) is 1.55. The first-order valence-electron chi connectivity index (χ1n) is 8.63. The van der Waals surface area contributed by atoms with E-state index in [9.17, 15) is 4.79 Å². The molecule has 0 spiro atoms. The molecule has 2 aromatic carbocycles. The molecule has 0 saturated carbocycles. The average molecular weight is 347 g/mol. The molecule has 2 aromatic heterocycles. The molecule has 4 rings (SSSR count). The van der Waals surface area contributed by atoms with E-state index in [1.807, 2.05) is 13.1 Å². The number of rotatable bonds is 4. The molecule has 6 nitrogen and oxygen atoms in total. The van der Waals surface area contributed by atoms with Crippen LogP contribution in [0.15, 0.2) is 53.5 Å². The highest BCUT2D eigenvalue weighted by Gasteiger charge is 2.15. The molecule has 0 fully saturated rings. The number of nitrogens with zero attached hydrogens (tertiary/aromatic N) is 4. The fourth-order valence-electron chi connectivity index (χ4n) is 3.25. The Kier molecular flexibility index (Phi) is 4.05. The van der Waals surface area contributed by atoms with Gasteiger partial charge in [0, 0.05) is 13.1 Å². The number of hydrogen-bond donors (Lipinski definition) is 1. The first-order chi connectivity index (χ1) is 12.5. The van der Waals surface area contributed by atoms with Gasteiger partial charge in [-0.25, -0.2) is 4.98 Å². The number of benzene rings is 2. The van der Waals surface area contributed by atoms with Gasteiger partial charge in [0.2, 0.25) is 0 Å². The number of aryl methyl sites for hydroxylation is 1. The lowest BCUT2D eigenvalue weighted by molar-refractivity contribution is 0.247. The third kappa shape index (κ3) is 2.88. The number of nitrogens with one attached hydrogen (secondary N) is 1. The minimum atomic E-state index is -0.148. The van der Waals surface area contributed by atoms with Gasteiger partial charge in [-0.15, -0.1) is 0 Å². The molecule has 0 amide bonds. The zero-order valence-electron chi connectivity index (χ0n) is 15.1. The number of hydrogen-bond acceptors (Lipinski definition) is 4. The number of H-pyrrole nitrogens is 1. The molecule has 132 valence electrons. The predicted molar refractivity (Wildman–Crippen MR) is 103 cm³/mol. The van der Waals surface area contributed by atoms with Crippen LogP contribution in [0, 0.1) is 0 Å². The molecule has 0 bridgehead atoms. The van der Waals surface area contributed by atoms with Gasteiger partial charge in [-0.3, -0.25) is 14.4 Å². The molecule has 6 heteroatoms. The Bertz CT molecular complexity index is 1140. The molecule has 2 heterocycles. The summed E-state index contributed by atoms with van der Waals surface area (Å²) in [6.45, 7) is 2.70. The summed E-state index contributed by atoms with van der Waals surface area (Å²) in [5.74, 6) is 0.640. The van der Waals surface area contributed by atoms with Crippen LogP contribution in [-0.4, -0.2) is 31.7 Å². The first-order valence-corrected chi connectivity index (χ1v) is 8.63. The normalized spacial score (nSPS) is 12.9. The van der Waals surface area contributed by atoms with Crippen LogP contribution in [0.4, 0.5) is 0 Å². The smallest absolute Gasteiger partial charge is 0.262 e. The Balaban J connectivity index is 1.61. The molecule has 0 aliphatic rings. The predicted octanol–water partition coefficient (Wildman–Crippen LogP) is 3.00. The van der Waals surface area contributed by atoms with Gasteiger partial charge in [0.05, 0.1) is 12.7 Å². The summed E-state index contributed by atoms with van der Waals surface area (Å²) in [7, 11) is 3.83. The Labute approximate surface area is 151 Å². The van der Waals surface area contributed by atoms with E-state index >= 15 is 0 Å². The quantitative estimate of drug-likeness (QED) is 0.616. The minimum absolute atomic E-state index is 0.148. The van der Waals surface area contributed by atoms with Gasteiger partial charge in [-0.05, 0) is 36.4 Å². The molecular formula is C20H21N5O. The van der Waals surface area contributed by atoms with Gasteiger partial charge >= 0.3 is 0 Å². The number of aromatic nitrogens is 4. The molecule has 0 saturated heterocycles. The summed E-state index contributed by atoms with van der Waals surface area (Å²) in [5, 5.41) is 7.09. The van der Waals surface area contributed by atoms with Gasteiger partial charge in [0.15, 0.2) is 5.65 Å². The van der Waals surface area contributed by atoms with Crippen LogP contribution in [0.1, 0.15) is 24.4 Å². The fourth-order valence-corrected chi connectivity index (χ4v) is 3.25. The maximum atomic E-state index is 12.2. The maximum Gasteiger partial charge on any atom is 0.262 e. The van der Waals surface area contributed by atoms with E-state index in [1.54, 1.807) is 17.9 Å². The largest absolute Gasteiger partial charge is 0.309 e. The second-order valence-electron chi connectivity index (χ2n) is 6.72. The standard InChI is InChI=1S/C20H21N5O/c1-13(15-9-8-14-6-4-5-7-16(14)10-15)24(2)12-18-22-19-17(20(26)23-18)11-21-25(19)3/h4-11,13H,12H2,1-3H3,(H,22,23,26)/t13-/m1/s1. The van der Waals surface area contributed by atoms with Crippen molar-refractivity contribution in [2.75, 3.05) is 7.05 Å². The molecule has 0 aliphatic heterocycles. The van der Waals surface area contributed by atoms with Crippen molar-refractivity contribution in [1.29, 1.82) is 0 Å². The monoisotopic (exact) mass is 347 g/mol. The Morgan fingerprint density at radius 1 is 1.19 bits per heavy atom. The van der Waals surface area contributed by atoms with Crippen LogP contribution in [0.3, 0.4) is 0 Å². The van der Waals surface area contributed by atoms with Crippen molar-refractivity contribution >= 4 is 21.8 Å². The van der Waals surface area contributed by atoms with E-state index in [2.05, 4.69) is 63.3 Å². The molecule has 26 heavy (non-hydrogen) atoms. The van der Waals surface area contributed by atoms with E-state index in [0.717, 1.165) is 0 Å². The van der Waals surface area contributed by atoms with Crippen LogP contribution in [0.2, 0.25) is 0 Å². The van der Waals surface area contributed by atoms with E-state index in [1.165, 1.54) is 16.3 Å². The van der Waals surface area contributed by atoms with Gasteiger partial charge in [0.25, 0.3) is 5.56 Å². The summed E-state index contributed by atoms with van der Waals surface area (Å²) >= 11 is 0. The highest BCUT2D eigenvalue weighted by Crippen LogP contribution is 2.24. The van der Waals surface area contributed by atoms with Gasteiger partial charge in [-0.1, -0.05) is 36.4 Å². The zero-order chi connectivity index (χ0) is 18.3. The highest BCUT2D eigenvalue weighted by molar-refractivity contribution is 5.83. The van der Waals surface area contributed by atoms with Crippen LogP contribution in [-0.2, 0) is 13.6 Å². The third-order valence-electron chi connectivity index (χ3n) is 4.97. The minimum Gasteiger partial charge on any atom is -0.309 e. The third-order valence-corrected chi connectivity index (χ3v) is 4.97. The van der Waals surface area contributed by atoms with Crippen LogP contribution >= 0.6 is 0 Å². The maximum absolute atomic E-state index is 12.2. The first kappa shape index (κ1) is 16.5. The number of aromatic amines is 1. The molecule has 0 unspecified atom stereocenters. The Hall–Kier alpha value is -2.99. The molecule has 4 aromatic rings. The lowest BCUT2D eigenvalue weighted by Crippen LogP contribution is -2.25. The summed E-state index contributed by atoms with van der Waals surface area (Å²) in [5.41, 5.74) is 1.69. The van der Waals surface area contributed by atoms with Gasteiger partial charge in [-0.2, -0.15) is 5.10 Å². The molecule has 1 N–H and O–H groups in total. The lowest BCUT2D eigenvalue weighted by Gasteiger charge is -2.24. The SMILES string of the molecule is C[C@H](c1ccc2ccccc2c1)N(C)Cc1nc2c(cnn2C)c(=O)[nH]1. The van der Waals surface area contributed by atoms with Crippen molar-refractivity contribution in [3.63, 3.8) is 0 Å². The van der Waals surface area contributed by atoms with E-state index < -0.39 is 0 Å². The van der Waals surface area contributed by atoms with Gasteiger partial charge < -0.3 is 4.98 Å². The van der Waals surface area contributed by atoms with Crippen molar-refractivity contribution in [1.82, 2.24) is 24.6 Å². The average Bonchev–Trinajstić information content (AvgIpc) is 3.02. The van der Waals surface area contributed by atoms with Crippen molar-refractivity contribution < 1.29 is 0 Å². The summed E-state index contributed by atoms with van der Waals surface area (Å²) in [6, 6.07) is 15.1. The Morgan fingerprint density at radius 2 is 1.96 bits per heavy atom. The molecular weight excluding hydrogens is 326 g/mol. The molecule has 0 radical (unpaired) electrons. The van der Waals surface area contributed by atoms with E-state index in [0.29, 0.717) is 23.4 Å². The van der Waals surface area contributed by atoms with Crippen molar-refractivity contribution in [3.8, 4) is 0 Å². The highest BCUT2D eigenvalue weighted by atomic mass is 16.1. The molecule has 0 aliphatic carbocycles. The summed E-state index contributed by atoms with van der Waals surface area (Å²) in [4.78, 5) is 21.8. The van der Waals surface area contributed by atoms with E-state index in [-0.39, 0.29) is 11.6 Å². The molecule has 1 atom stereocenters. The van der Waals surface area contributed by atoms with Crippen molar-refractivity contribution in [2.24, 2.45) is 7.05 Å². The van der Waals surface area contributed by atoms with Crippen LogP contribution in [0.5, 0.6) is 0 Å². The number of fused-ring (bicyclic) bond motifs is 2. The topological polar surface area (TPSA) is 66.8 Å². The zero-order valence-corrected chi connectivity index (χ0v) is 15.1. The lowest BCUT2D eigenvalue weighted by atomic mass is 10.0. The second-order valence-corrected chi connectivity index (χ2v) is 6.72. The van der Waals surface area contributed by atoms with E-state index in [4.69, 9.17) is 0 Å². The summed E-state index contributed by atoms with van der Waals surface area (Å²) < 4.78 is 1.63. The fraction of sp³-hybridized carbons (Fsp3) is 0.250. The van der Waals surface area contributed by atoms with Crippen molar-refractivity contribution in [2.45, 2.75) is 19.5 Å².